The molecule has 144 valence electrons. The largest absolute Gasteiger partial charge is 0.370 e. The average Bonchev–Trinajstić information content (AvgIpc) is 3.30. The zero-order valence-corrected chi connectivity index (χ0v) is 16.9. The van der Waals surface area contributed by atoms with Crippen molar-refractivity contribution >= 4 is 18.3 Å². The summed E-state index contributed by atoms with van der Waals surface area (Å²) in [5, 5.41) is 3.42. The summed E-state index contributed by atoms with van der Waals surface area (Å²) in [5.41, 5.74) is 4.03. The van der Waals surface area contributed by atoms with Crippen molar-refractivity contribution in [1.82, 2.24) is 10.2 Å². The van der Waals surface area contributed by atoms with E-state index in [0.29, 0.717) is 24.5 Å². The molecule has 2 saturated heterocycles. The molecule has 1 aromatic rings. The molecule has 2 aliphatic heterocycles. The van der Waals surface area contributed by atoms with Gasteiger partial charge in [-0.2, -0.15) is 0 Å². The monoisotopic (exact) mass is 378 g/mol. The van der Waals surface area contributed by atoms with Crippen molar-refractivity contribution in [2.45, 2.75) is 52.2 Å². The normalized spacial score (nSPS) is 30.0. The van der Waals surface area contributed by atoms with Gasteiger partial charge < -0.3 is 15.0 Å². The highest BCUT2D eigenvalue weighted by atomic mass is 35.5. The van der Waals surface area contributed by atoms with Crippen LogP contribution in [0.15, 0.2) is 18.2 Å². The minimum Gasteiger partial charge on any atom is -0.370 e. The lowest BCUT2D eigenvalue weighted by molar-refractivity contribution is -0.147. The molecule has 1 amide bonds. The number of nitrogens with one attached hydrogen (secondary N) is 1. The number of ether oxygens (including phenoxy) is 1. The Morgan fingerprint density at radius 2 is 2.00 bits per heavy atom. The fraction of sp³-hybridized carbons (Fsp3) is 0.667. The second-order valence-corrected chi connectivity index (χ2v) is 8.39. The van der Waals surface area contributed by atoms with Gasteiger partial charge in [0.1, 0.15) is 6.10 Å². The third-order valence-corrected chi connectivity index (χ3v) is 6.59. The zero-order chi connectivity index (χ0) is 17.6. The number of halogens is 1. The summed E-state index contributed by atoms with van der Waals surface area (Å²) in [6.07, 6.45) is 3.40. The number of carbonyl (C=O) groups excluding carboxylic acids is 1. The summed E-state index contributed by atoms with van der Waals surface area (Å²) in [6, 6.07) is 6.68. The molecule has 3 fully saturated rings. The Kier molecular flexibility index (Phi) is 5.66. The van der Waals surface area contributed by atoms with Gasteiger partial charge in [-0.25, -0.2) is 0 Å². The van der Waals surface area contributed by atoms with Gasteiger partial charge in [0.15, 0.2) is 0 Å². The van der Waals surface area contributed by atoms with Crippen molar-refractivity contribution in [3.63, 3.8) is 0 Å². The van der Waals surface area contributed by atoms with Gasteiger partial charge in [-0.15, -0.1) is 12.4 Å². The summed E-state index contributed by atoms with van der Waals surface area (Å²) in [5.74, 6) is 0.613. The Labute approximate surface area is 163 Å². The van der Waals surface area contributed by atoms with Crippen LogP contribution in [0.5, 0.6) is 0 Å². The van der Waals surface area contributed by atoms with E-state index in [1.54, 1.807) is 0 Å². The van der Waals surface area contributed by atoms with Crippen molar-refractivity contribution < 1.29 is 9.53 Å². The number of carbonyl (C=O) groups is 1. The Morgan fingerprint density at radius 3 is 2.73 bits per heavy atom. The van der Waals surface area contributed by atoms with Gasteiger partial charge in [0, 0.05) is 5.92 Å². The molecule has 1 spiro atoms. The topological polar surface area (TPSA) is 41.6 Å². The molecule has 0 aromatic heterocycles. The molecule has 3 unspecified atom stereocenters. The van der Waals surface area contributed by atoms with Crippen molar-refractivity contribution in [3.8, 4) is 0 Å². The first-order valence-corrected chi connectivity index (χ1v) is 9.70. The fourth-order valence-corrected chi connectivity index (χ4v) is 4.73. The van der Waals surface area contributed by atoms with Crippen molar-refractivity contribution in [2.75, 3.05) is 26.2 Å². The standard InChI is InChI=1S/C21H30N2O2.ClH/c1-14-4-5-15(2)17(10-14)19-12-23(16(3)13-25-19)20(24)18-11-21(18)6-8-22-9-7-21;/h4-5,10,16,18-19,22H,6-9,11-13H2,1-3H3;1H. The quantitative estimate of drug-likeness (QED) is 0.857. The average molecular weight is 379 g/mol. The predicted molar refractivity (Wildman–Crippen MR) is 106 cm³/mol. The van der Waals surface area contributed by atoms with Crippen molar-refractivity contribution in [2.24, 2.45) is 11.3 Å². The van der Waals surface area contributed by atoms with Gasteiger partial charge in [-0.3, -0.25) is 4.79 Å². The van der Waals surface area contributed by atoms with Crippen LogP contribution in [0.1, 0.15) is 49.0 Å². The molecular formula is C21H31ClN2O2. The maximum absolute atomic E-state index is 13.2. The molecule has 1 aromatic carbocycles. The van der Waals surface area contributed by atoms with E-state index in [1.165, 1.54) is 16.7 Å². The Balaban J connectivity index is 0.00000196. The van der Waals surface area contributed by atoms with Gasteiger partial charge in [0.2, 0.25) is 5.91 Å². The van der Waals surface area contributed by atoms with E-state index in [4.69, 9.17) is 4.74 Å². The maximum atomic E-state index is 13.2. The molecule has 0 bridgehead atoms. The summed E-state index contributed by atoms with van der Waals surface area (Å²) in [6.45, 7) is 9.81. The second kappa shape index (κ2) is 7.49. The lowest BCUT2D eigenvalue weighted by Gasteiger charge is -2.39. The van der Waals surface area contributed by atoms with Crippen LogP contribution in [0, 0.1) is 25.2 Å². The lowest BCUT2D eigenvalue weighted by Crippen LogP contribution is -2.49. The van der Waals surface area contributed by atoms with E-state index in [1.807, 2.05) is 0 Å². The van der Waals surface area contributed by atoms with Gasteiger partial charge >= 0.3 is 0 Å². The summed E-state index contributed by atoms with van der Waals surface area (Å²) >= 11 is 0. The van der Waals surface area contributed by atoms with Crippen LogP contribution >= 0.6 is 12.4 Å². The van der Waals surface area contributed by atoms with E-state index in [-0.39, 0.29) is 30.5 Å². The Morgan fingerprint density at radius 1 is 1.27 bits per heavy atom. The number of amides is 1. The molecule has 1 aliphatic carbocycles. The van der Waals surface area contributed by atoms with E-state index in [2.05, 4.69) is 49.2 Å². The Hall–Kier alpha value is -1.10. The van der Waals surface area contributed by atoms with Crippen LogP contribution in [-0.4, -0.2) is 43.1 Å². The highest BCUT2D eigenvalue weighted by molar-refractivity contribution is 5.85. The minimum absolute atomic E-state index is 0. The van der Waals surface area contributed by atoms with Crippen molar-refractivity contribution in [3.05, 3.63) is 34.9 Å². The van der Waals surface area contributed by atoms with Crippen LogP contribution < -0.4 is 5.32 Å². The summed E-state index contributed by atoms with van der Waals surface area (Å²) in [7, 11) is 0. The van der Waals surface area contributed by atoms with Crippen LogP contribution in [0.2, 0.25) is 0 Å². The van der Waals surface area contributed by atoms with Gasteiger partial charge in [0.05, 0.1) is 19.2 Å². The first-order chi connectivity index (χ1) is 12.0. The number of aryl methyl sites for hydroxylation is 2. The number of nitrogens with zero attached hydrogens (tertiary/aromatic N) is 1. The molecule has 3 atom stereocenters. The molecule has 5 heteroatoms. The van der Waals surface area contributed by atoms with Crippen molar-refractivity contribution in [1.29, 1.82) is 0 Å². The molecule has 1 saturated carbocycles. The van der Waals surface area contributed by atoms with E-state index >= 15 is 0 Å². The summed E-state index contributed by atoms with van der Waals surface area (Å²) < 4.78 is 6.13. The smallest absolute Gasteiger partial charge is 0.226 e. The molecule has 4 nitrogen and oxygen atoms in total. The third-order valence-electron chi connectivity index (χ3n) is 6.59. The first kappa shape index (κ1) is 19.7. The fourth-order valence-electron chi connectivity index (χ4n) is 4.73. The maximum Gasteiger partial charge on any atom is 0.226 e. The van der Waals surface area contributed by atoms with Gasteiger partial charge in [0.25, 0.3) is 0 Å². The highest BCUT2D eigenvalue weighted by Crippen LogP contribution is 2.59. The van der Waals surface area contributed by atoms with E-state index in [0.717, 1.165) is 32.4 Å². The first-order valence-electron chi connectivity index (χ1n) is 9.70. The van der Waals surface area contributed by atoms with Gasteiger partial charge in [-0.05, 0) is 69.7 Å². The minimum atomic E-state index is 0. The number of piperidine rings is 1. The van der Waals surface area contributed by atoms with E-state index in [9.17, 15) is 4.79 Å². The molecule has 4 rings (SSSR count). The predicted octanol–water partition coefficient (Wildman–Crippen LogP) is 3.40. The third kappa shape index (κ3) is 3.51. The second-order valence-electron chi connectivity index (χ2n) is 8.39. The molecule has 26 heavy (non-hydrogen) atoms. The zero-order valence-electron chi connectivity index (χ0n) is 16.1. The molecular weight excluding hydrogens is 348 g/mol. The number of morpholine rings is 1. The van der Waals surface area contributed by atoms with Crippen LogP contribution in [0.25, 0.3) is 0 Å². The lowest BCUT2D eigenvalue weighted by atomic mass is 9.91. The Bertz CT molecular complexity index is 672. The molecule has 3 aliphatic rings. The molecule has 2 heterocycles. The van der Waals surface area contributed by atoms with Crippen LogP contribution in [0.3, 0.4) is 0 Å². The number of benzene rings is 1. The van der Waals surface area contributed by atoms with Gasteiger partial charge in [-0.1, -0.05) is 23.8 Å². The summed E-state index contributed by atoms with van der Waals surface area (Å²) in [4.78, 5) is 15.3. The number of hydrogen-bond donors (Lipinski definition) is 1. The van der Waals surface area contributed by atoms with E-state index < -0.39 is 0 Å². The number of hydrogen-bond acceptors (Lipinski definition) is 3. The number of rotatable bonds is 2. The molecule has 1 N–H and O–H groups in total. The SMILES string of the molecule is Cc1ccc(C)c(C2CN(C(=O)C3CC34CCNCC4)C(C)CO2)c1.Cl. The van der Waals surface area contributed by atoms with Crippen LogP contribution in [-0.2, 0) is 9.53 Å². The van der Waals surface area contributed by atoms with Crippen LogP contribution in [0.4, 0.5) is 0 Å². The highest BCUT2D eigenvalue weighted by Gasteiger charge is 2.59. The molecule has 0 radical (unpaired) electrons.